The smallest absolute Gasteiger partial charge is 0.127 e. The number of quaternary nitrogens is 2. The number of rotatable bonds is 5. The number of aromatic hydroxyl groups is 1. The summed E-state index contributed by atoms with van der Waals surface area (Å²) in [4.78, 5) is 4.69. The zero-order valence-corrected chi connectivity index (χ0v) is 15.9. The molecule has 0 radical (unpaired) electrons. The second-order valence-electron chi connectivity index (χ2n) is 7.08. The summed E-state index contributed by atoms with van der Waals surface area (Å²) in [7, 11) is 1.68. The molecule has 0 saturated carbocycles. The average Bonchev–Trinajstić information content (AvgIpc) is 3.18. The Morgan fingerprint density at radius 3 is 2.42 bits per heavy atom. The summed E-state index contributed by atoms with van der Waals surface area (Å²) in [5, 5.41) is 14.9. The van der Waals surface area contributed by atoms with Crippen LogP contribution in [0.1, 0.15) is 10.4 Å². The summed E-state index contributed by atoms with van der Waals surface area (Å²) >= 11 is 1.85. The van der Waals surface area contributed by atoms with Crippen LogP contribution in [0, 0.1) is 0 Å². The van der Waals surface area contributed by atoms with Crippen molar-refractivity contribution in [2.24, 2.45) is 0 Å². The van der Waals surface area contributed by atoms with Gasteiger partial charge in [0.25, 0.3) is 0 Å². The molecule has 2 heterocycles. The molecule has 3 N–H and O–H groups in total. The van der Waals surface area contributed by atoms with E-state index in [2.05, 4.69) is 23.6 Å². The molecular formula is C21H26N2O2S+2. The van der Waals surface area contributed by atoms with Crippen molar-refractivity contribution in [3.63, 3.8) is 0 Å². The maximum Gasteiger partial charge on any atom is 0.127 e. The van der Waals surface area contributed by atoms with Crippen molar-refractivity contribution in [2.45, 2.75) is 13.1 Å². The number of nitrogens with one attached hydrogen (secondary N) is 2. The van der Waals surface area contributed by atoms with Crippen molar-refractivity contribution >= 4 is 22.1 Å². The van der Waals surface area contributed by atoms with E-state index in [4.69, 9.17) is 4.74 Å². The van der Waals surface area contributed by atoms with Gasteiger partial charge in [-0.1, -0.05) is 18.2 Å². The molecule has 1 aliphatic rings. The SMILES string of the molecule is COc1ccc2ccc(O)c(C[NH+]3CC[NH+](Cc4cccs4)CC3)c2c1. The molecule has 0 aliphatic carbocycles. The minimum Gasteiger partial charge on any atom is -0.507 e. The van der Waals surface area contributed by atoms with E-state index in [0.717, 1.165) is 48.3 Å². The van der Waals surface area contributed by atoms with Gasteiger partial charge in [-0.15, -0.1) is 11.3 Å². The van der Waals surface area contributed by atoms with Crippen LogP contribution >= 0.6 is 11.3 Å². The van der Waals surface area contributed by atoms with Crippen molar-refractivity contribution in [3.05, 3.63) is 58.3 Å². The van der Waals surface area contributed by atoms with Crippen molar-refractivity contribution in [1.29, 1.82) is 0 Å². The van der Waals surface area contributed by atoms with Crippen LogP contribution in [0.4, 0.5) is 0 Å². The van der Waals surface area contributed by atoms with Crippen LogP contribution in [0.5, 0.6) is 11.5 Å². The number of benzene rings is 2. The summed E-state index contributed by atoms with van der Waals surface area (Å²) in [5.41, 5.74) is 1.04. The molecule has 2 aromatic carbocycles. The van der Waals surface area contributed by atoms with Crippen molar-refractivity contribution in [2.75, 3.05) is 33.3 Å². The number of thiophene rings is 1. The van der Waals surface area contributed by atoms with E-state index >= 15 is 0 Å². The highest BCUT2D eigenvalue weighted by atomic mass is 32.1. The Morgan fingerprint density at radius 2 is 1.73 bits per heavy atom. The normalized spacial score (nSPS) is 20.3. The summed E-state index contributed by atoms with van der Waals surface area (Å²) in [5.74, 6) is 1.23. The predicted molar refractivity (Wildman–Crippen MR) is 105 cm³/mol. The highest BCUT2D eigenvalue weighted by Gasteiger charge is 2.25. The molecule has 0 atom stereocenters. The number of hydrogen-bond donors (Lipinski definition) is 3. The quantitative estimate of drug-likeness (QED) is 0.629. The predicted octanol–water partition coefficient (Wildman–Crippen LogP) is 1.10. The third-order valence-electron chi connectivity index (χ3n) is 5.41. The van der Waals surface area contributed by atoms with Gasteiger partial charge in [-0.3, -0.25) is 0 Å². The third kappa shape index (κ3) is 3.70. The number of hydrogen-bond acceptors (Lipinski definition) is 3. The molecule has 136 valence electrons. The van der Waals surface area contributed by atoms with Gasteiger partial charge in [0.15, 0.2) is 0 Å². The standard InChI is InChI=1S/C21H24N2O2S/c1-25-17-6-4-16-5-7-21(24)20(19(16)13-17)15-23-10-8-22(9-11-23)14-18-3-2-12-26-18/h2-7,12-13,24H,8-11,14-15H2,1H3/p+2. The first-order valence-corrected chi connectivity index (χ1v) is 10.1. The molecule has 0 amide bonds. The summed E-state index contributed by atoms with van der Waals surface area (Å²) in [6.07, 6.45) is 0. The molecule has 1 fully saturated rings. The fourth-order valence-electron chi connectivity index (χ4n) is 3.88. The van der Waals surface area contributed by atoms with E-state index < -0.39 is 0 Å². The molecular weight excluding hydrogens is 344 g/mol. The molecule has 1 aromatic heterocycles. The van der Waals surface area contributed by atoms with Gasteiger partial charge in [-0.25, -0.2) is 0 Å². The van der Waals surface area contributed by atoms with Crippen LogP contribution in [0.25, 0.3) is 10.8 Å². The van der Waals surface area contributed by atoms with Gasteiger partial charge in [0, 0.05) is 0 Å². The number of phenolic OH excluding ortho intramolecular Hbond substituents is 1. The molecule has 0 spiro atoms. The van der Waals surface area contributed by atoms with Crippen LogP contribution < -0.4 is 14.5 Å². The first-order valence-electron chi connectivity index (χ1n) is 9.21. The molecule has 5 heteroatoms. The topological polar surface area (TPSA) is 38.3 Å². The Labute approximate surface area is 158 Å². The van der Waals surface area contributed by atoms with Crippen LogP contribution in [-0.4, -0.2) is 38.4 Å². The van der Waals surface area contributed by atoms with Crippen LogP contribution in [-0.2, 0) is 13.1 Å². The van der Waals surface area contributed by atoms with Crippen molar-refractivity contribution in [3.8, 4) is 11.5 Å². The first kappa shape index (κ1) is 17.3. The Kier molecular flexibility index (Phi) is 5.11. The lowest BCUT2D eigenvalue weighted by molar-refractivity contribution is -1.02. The number of piperazine rings is 1. The largest absolute Gasteiger partial charge is 0.507 e. The van der Waals surface area contributed by atoms with E-state index in [0.29, 0.717) is 5.75 Å². The zero-order valence-electron chi connectivity index (χ0n) is 15.1. The number of phenols is 1. The lowest BCUT2D eigenvalue weighted by Gasteiger charge is -2.30. The van der Waals surface area contributed by atoms with E-state index in [1.165, 1.54) is 18.0 Å². The Hall–Kier alpha value is -2.08. The molecule has 0 bridgehead atoms. The molecule has 1 saturated heterocycles. The monoisotopic (exact) mass is 370 g/mol. The van der Waals surface area contributed by atoms with Crippen LogP contribution in [0.3, 0.4) is 0 Å². The maximum absolute atomic E-state index is 10.5. The average molecular weight is 371 g/mol. The lowest BCUT2D eigenvalue weighted by Crippen LogP contribution is -3.27. The van der Waals surface area contributed by atoms with Gasteiger partial charge in [-0.05, 0) is 40.4 Å². The van der Waals surface area contributed by atoms with E-state index in [-0.39, 0.29) is 0 Å². The van der Waals surface area contributed by atoms with E-state index in [1.54, 1.807) is 16.9 Å². The highest BCUT2D eigenvalue weighted by molar-refractivity contribution is 7.09. The first-order chi connectivity index (χ1) is 12.7. The molecule has 4 rings (SSSR count). The second kappa shape index (κ2) is 7.66. The summed E-state index contributed by atoms with van der Waals surface area (Å²) in [6, 6.07) is 14.3. The van der Waals surface area contributed by atoms with E-state index in [1.807, 2.05) is 35.6 Å². The molecule has 4 nitrogen and oxygen atoms in total. The van der Waals surface area contributed by atoms with Gasteiger partial charge < -0.3 is 19.6 Å². The minimum absolute atomic E-state index is 0.395. The van der Waals surface area contributed by atoms with E-state index in [9.17, 15) is 5.11 Å². The van der Waals surface area contributed by atoms with Crippen LogP contribution in [0.15, 0.2) is 47.8 Å². The van der Waals surface area contributed by atoms with Crippen LogP contribution in [0.2, 0.25) is 0 Å². The maximum atomic E-state index is 10.5. The molecule has 26 heavy (non-hydrogen) atoms. The fraction of sp³-hybridized carbons (Fsp3) is 0.333. The second-order valence-corrected chi connectivity index (χ2v) is 8.12. The fourth-order valence-corrected chi connectivity index (χ4v) is 4.66. The van der Waals surface area contributed by atoms with Gasteiger partial charge in [0.1, 0.15) is 50.8 Å². The Balaban J connectivity index is 1.47. The van der Waals surface area contributed by atoms with Gasteiger partial charge in [0.05, 0.1) is 17.6 Å². The summed E-state index contributed by atoms with van der Waals surface area (Å²) < 4.78 is 5.38. The number of fused-ring (bicyclic) bond motifs is 1. The van der Waals surface area contributed by atoms with Crippen molar-refractivity contribution in [1.82, 2.24) is 0 Å². The molecule has 3 aromatic rings. The molecule has 1 aliphatic heterocycles. The Morgan fingerprint density at radius 1 is 1.00 bits per heavy atom. The third-order valence-corrected chi connectivity index (χ3v) is 6.29. The minimum atomic E-state index is 0.395. The lowest BCUT2D eigenvalue weighted by atomic mass is 10.0. The summed E-state index contributed by atoms with van der Waals surface area (Å²) in [6.45, 7) is 6.65. The van der Waals surface area contributed by atoms with Crippen molar-refractivity contribution < 1.29 is 19.6 Å². The van der Waals surface area contributed by atoms with Gasteiger partial charge in [0.2, 0.25) is 0 Å². The Bertz CT molecular complexity index is 871. The van der Waals surface area contributed by atoms with Gasteiger partial charge in [-0.2, -0.15) is 0 Å². The number of methoxy groups -OCH3 is 1. The van der Waals surface area contributed by atoms with Gasteiger partial charge >= 0.3 is 0 Å². The zero-order chi connectivity index (χ0) is 17.9. The molecule has 0 unspecified atom stereocenters. The highest BCUT2D eigenvalue weighted by Crippen LogP contribution is 2.29. The number of ether oxygens (including phenoxy) is 1.